The molecule has 0 radical (unpaired) electrons. The molecular formula is C12H21N3O. The summed E-state index contributed by atoms with van der Waals surface area (Å²) in [6.07, 6.45) is 5.21. The molecule has 1 aliphatic rings. The van der Waals surface area contributed by atoms with Gasteiger partial charge < -0.3 is 9.84 Å². The third-order valence-electron chi connectivity index (χ3n) is 3.31. The van der Waals surface area contributed by atoms with Gasteiger partial charge in [-0.05, 0) is 24.7 Å². The molecule has 0 aliphatic heterocycles. The van der Waals surface area contributed by atoms with E-state index < -0.39 is 0 Å². The molecule has 4 heteroatoms. The van der Waals surface area contributed by atoms with Gasteiger partial charge in [0.05, 0.1) is 0 Å². The van der Waals surface area contributed by atoms with E-state index in [4.69, 9.17) is 4.52 Å². The van der Waals surface area contributed by atoms with E-state index in [1.807, 2.05) is 0 Å². The average molecular weight is 223 g/mol. The average Bonchev–Trinajstić information content (AvgIpc) is 2.84. The van der Waals surface area contributed by atoms with E-state index >= 15 is 0 Å². The smallest absolute Gasteiger partial charge is 0.321 e. The van der Waals surface area contributed by atoms with E-state index in [-0.39, 0.29) is 0 Å². The van der Waals surface area contributed by atoms with Gasteiger partial charge in [0.15, 0.2) is 5.82 Å². The highest BCUT2D eigenvalue weighted by molar-refractivity contribution is 5.21. The minimum absolute atomic E-state index is 0.324. The van der Waals surface area contributed by atoms with E-state index in [9.17, 15) is 0 Å². The van der Waals surface area contributed by atoms with Gasteiger partial charge in [0.25, 0.3) is 0 Å². The van der Waals surface area contributed by atoms with Gasteiger partial charge in [-0.1, -0.05) is 32.3 Å². The van der Waals surface area contributed by atoms with Gasteiger partial charge in [0.2, 0.25) is 0 Å². The predicted molar refractivity (Wildman–Crippen MR) is 63.5 cm³/mol. The van der Waals surface area contributed by atoms with Crippen LogP contribution in [0.1, 0.15) is 58.2 Å². The minimum atomic E-state index is 0.324. The molecule has 90 valence electrons. The molecule has 1 saturated carbocycles. The maximum Gasteiger partial charge on any atom is 0.321 e. The van der Waals surface area contributed by atoms with Crippen molar-refractivity contribution in [2.24, 2.45) is 5.41 Å². The molecule has 0 aromatic carbocycles. The van der Waals surface area contributed by atoms with Crippen LogP contribution >= 0.6 is 0 Å². The fraction of sp³-hybridized carbons (Fsp3) is 0.833. The summed E-state index contributed by atoms with van der Waals surface area (Å²) in [7, 11) is 0. The Bertz CT molecular complexity index is 342. The molecule has 1 aromatic rings. The number of aromatic nitrogens is 2. The van der Waals surface area contributed by atoms with Crippen LogP contribution in [0.4, 0.5) is 6.01 Å². The topological polar surface area (TPSA) is 51.0 Å². The summed E-state index contributed by atoms with van der Waals surface area (Å²) in [4.78, 5) is 4.31. The summed E-state index contributed by atoms with van der Waals surface area (Å²) in [5.74, 6) is 1.10. The normalized spacial score (nSPS) is 17.8. The number of nitrogens with one attached hydrogen (secondary N) is 1. The molecular weight excluding hydrogens is 202 g/mol. The zero-order valence-electron chi connectivity index (χ0n) is 10.4. The summed E-state index contributed by atoms with van der Waals surface area (Å²) < 4.78 is 5.16. The van der Waals surface area contributed by atoms with Crippen molar-refractivity contribution in [3.8, 4) is 0 Å². The molecule has 1 N–H and O–H groups in total. The molecule has 0 bridgehead atoms. The Kier molecular flexibility index (Phi) is 3.17. The van der Waals surface area contributed by atoms with Crippen molar-refractivity contribution in [1.82, 2.24) is 10.1 Å². The molecule has 1 heterocycles. The molecule has 16 heavy (non-hydrogen) atoms. The van der Waals surface area contributed by atoms with E-state index in [1.54, 1.807) is 0 Å². The molecule has 1 aromatic heterocycles. The van der Waals surface area contributed by atoms with Crippen LogP contribution in [0.5, 0.6) is 0 Å². The molecule has 0 atom stereocenters. The van der Waals surface area contributed by atoms with Crippen LogP contribution in [0, 0.1) is 5.41 Å². The number of hydrogen-bond acceptors (Lipinski definition) is 4. The van der Waals surface area contributed by atoms with Crippen molar-refractivity contribution in [3.05, 3.63) is 5.82 Å². The first-order valence-corrected chi connectivity index (χ1v) is 6.23. The maximum absolute atomic E-state index is 5.16. The summed E-state index contributed by atoms with van der Waals surface area (Å²) in [6.45, 7) is 7.34. The maximum atomic E-state index is 5.16. The number of anilines is 1. The lowest BCUT2D eigenvalue weighted by Gasteiger charge is -2.12. The molecule has 1 aliphatic carbocycles. The van der Waals surface area contributed by atoms with Crippen molar-refractivity contribution in [2.75, 3.05) is 11.9 Å². The Balaban J connectivity index is 1.85. The summed E-state index contributed by atoms with van der Waals surface area (Å²) in [5, 5.41) is 7.20. The van der Waals surface area contributed by atoms with Crippen molar-refractivity contribution < 1.29 is 4.52 Å². The molecule has 0 spiro atoms. The van der Waals surface area contributed by atoms with Gasteiger partial charge in [0.1, 0.15) is 0 Å². The highest BCUT2D eigenvalue weighted by Crippen LogP contribution is 2.49. The Labute approximate surface area is 96.8 Å². The second-order valence-corrected chi connectivity index (χ2v) is 5.22. The van der Waals surface area contributed by atoms with Gasteiger partial charge >= 0.3 is 6.01 Å². The van der Waals surface area contributed by atoms with Gasteiger partial charge in [0, 0.05) is 12.5 Å². The molecule has 0 unspecified atom stereocenters. The van der Waals surface area contributed by atoms with Crippen LogP contribution in [0.15, 0.2) is 4.52 Å². The third kappa shape index (κ3) is 2.54. The Morgan fingerprint density at radius 1 is 1.44 bits per heavy atom. The van der Waals surface area contributed by atoms with Crippen LogP contribution in [0.3, 0.4) is 0 Å². The molecule has 2 rings (SSSR count). The first kappa shape index (κ1) is 11.4. The lowest BCUT2D eigenvalue weighted by Crippen LogP contribution is -2.15. The zero-order chi connectivity index (χ0) is 11.6. The van der Waals surface area contributed by atoms with Crippen LogP contribution in [-0.4, -0.2) is 16.7 Å². The largest absolute Gasteiger partial charge is 0.337 e. The first-order valence-electron chi connectivity index (χ1n) is 6.23. The number of hydrogen-bond donors (Lipinski definition) is 1. The summed E-state index contributed by atoms with van der Waals surface area (Å²) in [6, 6.07) is 0.575. The van der Waals surface area contributed by atoms with Crippen LogP contribution < -0.4 is 5.32 Å². The predicted octanol–water partition coefficient (Wildman–Crippen LogP) is 3.19. The second kappa shape index (κ2) is 4.44. The van der Waals surface area contributed by atoms with Crippen LogP contribution in [0.25, 0.3) is 0 Å². The van der Waals surface area contributed by atoms with Crippen molar-refractivity contribution in [3.63, 3.8) is 0 Å². The standard InChI is InChI=1S/C12H21N3O/c1-4-5-12(6-7-12)8-13-11-14-10(9(2)3)15-16-11/h9H,4-8H2,1-3H3,(H,13,14,15). The second-order valence-electron chi connectivity index (χ2n) is 5.22. The fourth-order valence-electron chi connectivity index (χ4n) is 2.03. The van der Waals surface area contributed by atoms with Gasteiger partial charge in [-0.2, -0.15) is 4.98 Å². The van der Waals surface area contributed by atoms with Gasteiger partial charge in [-0.25, -0.2) is 0 Å². The lowest BCUT2D eigenvalue weighted by molar-refractivity contribution is 0.410. The fourth-order valence-corrected chi connectivity index (χ4v) is 2.03. The van der Waals surface area contributed by atoms with E-state index in [2.05, 4.69) is 36.2 Å². The van der Waals surface area contributed by atoms with E-state index in [1.165, 1.54) is 25.7 Å². The monoisotopic (exact) mass is 223 g/mol. The summed E-state index contributed by atoms with van der Waals surface area (Å²) >= 11 is 0. The zero-order valence-corrected chi connectivity index (χ0v) is 10.4. The highest BCUT2D eigenvalue weighted by Gasteiger charge is 2.41. The minimum Gasteiger partial charge on any atom is -0.337 e. The number of nitrogens with zero attached hydrogens (tertiary/aromatic N) is 2. The number of rotatable bonds is 6. The third-order valence-corrected chi connectivity index (χ3v) is 3.31. The van der Waals surface area contributed by atoms with Crippen LogP contribution in [0.2, 0.25) is 0 Å². The summed E-state index contributed by atoms with van der Waals surface area (Å²) in [5.41, 5.74) is 0.515. The lowest BCUT2D eigenvalue weighted by atomic mass is 10.0. The Hall–Kier alpha value is -1.06. The van der Waals surface area contributed by atoms with E-state index in [0.717, 1.165) is 12.4 Å². The molecule has 0 saturated heterocycles. The van der Waals surface area contributed by atoms with Gasteiger partial charge in [-0.3, -0.25) is 0 Å². The molecule has 4 nitrogen and oxygen atoms in total. The van der Waals surface area contributed by atoms with Crippen molar-refractivity contribution >= 4 is 6.01 Å². The first-order chi connectivity index (χ1) is 7.65. The van der Waals surface area contributed by atoms with Gasteiger partial charge in [-0.15, -0.1) is 0 Å². The van der Waals surface area contributed by atoms with Crippen molar-refractivity contribution in [1.29, 1.82) is 0 Å². The van der Waals surface area contributed by atoms with Crippen LogP contribution in [-0.2, 0) is 0 Å². The van der Waals surface area contributed by atoms with E-state index in [0.29, 0.717) is 17.3 Å². The molecule has 0 amide bonds. The van der Waals surface area contributed by atoms with Crippen molar-refractivity contribution in [2.45, 2.75) is 52.4 Å². The highest BCUT2D eigenvalue weighted by atomic mass is 16.5. The molecule has 1 fully saturated rings. The Morgan fingerprint density at radius 2 is 2.19 bits per heavy atom. The SMILES string of the molecule is CCCC1(CNc2nc(C(C)C)no2)CC1. The Morgan fingerprint density at radius 3 is 2.69 bits per heavy atom. The quantitative estimate of drug-likeness (QED) is 0.804.